The van der Waals surface area contributed by atoms with E-state index in [0.717, 1.165) is 75.7 Å². The summed E-state index contributed by atoms with van der Waals surface area (Å²) in [6, 6.07) is 13.5. The first-order valence-electron chi connectivity index (χ1n) is 15.6. The van der Waals surface area contributed by atoms with E-state index in [1.54, 1.807) is 0 Å². The summed E-state index contributed by atoms with van der Waals surface area (Å²) in [6.45, 7) is 4.01. The first-order chi connectivity index (χ1) is 23.8. The minimum absolute atomic E-state index is 0.0320. The molecular weight excluding hydrogens is 810 g/mol. The average molecular weight is 843 g/mol. The summed E-state index contributed by atoms with van der Waals surface area (Å²) in [7, 11) is -5.34. The van der Waals surface area contributed by atoms with E-state index < -0.39 is 83.9 Å². The van der Waals surface area contributed by atoms with Gasteiger partial charge in [-0.1, -0.05) is 51.1 Å². The van der Waals surface area contributed by atoms with Gasteiger partial charge in [0.05, 0.1) is 16.7 Å². The van der Waals surface area contributed by atoms with Crippen LogP contribution in [0.25, 0.3) is 0 Å². The minimum Gasteiger partial charge on any atom is -0.507 e. The van der Waals surface area contributed by atoms with Gasteiger partial charge in [-0.05, 0) is 93.3 Å². The van der Waals surface area contributed by atoms with Crippen LogP contribution >= 0.6 is 22.6 Å². The highest BCUT2D eigenvalue weighted by atomic mass is 127. The molecule has 0 spiro atoms. The lowest BCUT2D eigenvalue weighted by Crippen LogP contribution is -2.43. The number of hydrogen-bond donors (Lipinski definition) is 2. The van der Waals surface area contributed by atoms with Crippen molar-refractivity contribution in [3.8, 4) is 5.75 Å². The Kier molecular flexibility index (Phi) is 10.8. The van der Waals surface area contributed by atoms with Crippen molar-refractivity contribution in [2.24, 2.45) is 0 Å². The summed E-state index contributed by atoms with van der Waals surface area (Å²) in [6.07, 6.45) is 1.94. The zero-order valence-corrected chi connectivity index (χ0v) is 30.5. The van der Waals surface area contributed by atoms with Crippen LogP contribution in [0.5, 0.6) is 5.75 Å². The SMILES string of the molecule is CC(C)(C)c1cc(CN(C(=O)CN(Cc2ccc(F)cc2)S(=O)(=O)c2c(F)c(F)c(F)c(F)c2I)c2ccc(C(=O)O)c(O)c2)cc(C2CC2)c1. The van der Waals surface area contributed by atoms with Gasteiger partial charge < -0.3 is 15.1 Å². The molecular formula is C36H32F5IN2O6S. The van der Waals surface area contributed by atoms with E-state index in [9.17, 15) is 45.8 Å². The van der Waals surface area contributed by atoms with Crippen molar-refractivity contribution in [3.63, 3.8) is 0 Å². The summed E-state index contributed by atoms with van der Waals surface area (Å²) in [5.41, 5.74) is 1.89. The van der Waals surface area contributed by atoms with E-state index in [4.69, 9.17) is 0 Å². The van der Waals surface area contributed by atoms with Crippen LogP contribution in [0.3, 0.4) is 0 Å². The predicted molar refractivity (Wildman–Crippen MR) is 186 cm³/mol. The topological polar surface area (TPSA) is 115 Å². The molecule has 0 atom stereocenters. The van der Waals surface area contributed by atoms with Crippen molar-refractivity contribution >= 4 is 50.2 Å². The molecule has 0 aliphatic heterocycles. The number of benzene rings is 4. The molecule has 1 aliphatic rings. The predicted octanol–water partition coefficient (Wildman–Crippen LogP) is 7.99. The first kappa shape index (κ1) is 38.1. The molecule has 1 amide bonds. The molecule has 0 aromatic heterocycles. The zero-order chi connectivity index (χ0) is 37.6. The molecule has 1 fully saturated rings. The molecule has 4 aromatic carbocycles. The fourth-order valence-electron chi connectivity index (χ4n) is 5.47. The smallest absolute Gasteiger partial charge is 0.339 e. The number of carboxylic acids is 1. The van der Waals surface area contributed by atoms with Gasteiger partial charge in [-0.15, -0.1) is 0 Å². The number of halogens is 6. The summed E-state index contributed by atoms with van der Waals surface area (Å²) in [5, 5.41) is 20.0. The van der Waals surface area contributed by atoms with Crippen LogP contribution in [-0.2, 0) is 33.3 Å². The van der Waals surface area contributed by atoms with Crippen molar-refractivity contribution in [2.45, 2.75) is 62.9 Å². The Bertz CT molecular complexity index is 2110. The quantitative estimate of drug-likeness (QED) is 0.0685. The van der Waals surface area contributed by atoms with Crippen LogP contribution in [0.15, 0.2) is 65.6 Å². The fourth-order valence-corrected chi connectivity index (χ4v) is 8.26. The van der Waals surface area contributed by atoms with Gasteiger partial charge in [-0.2, -0.15) is 4.31 Å². The maximum absolute atomic E-state index is 15.2. The molecule has 0 heterocycles. The Morgan fingerprint density at radius 1 is 0.843 bits per heavy atom. The monoisotopic (exact) mass is 842 g/mol. The van der Waals surface area contributed by atoms with Crippen LogP contribution in [0.2, 0.25) is 0 Å². The molecule has 2 N–H and O–H groups in total. The third-order valence-electron chi connectivity index (χ3n) is 8.45. The summed E-state index contributed by atoms with van der Waals surface area (Å²) >= 11 is 1.02. The van der Waals surface area contributed by atoms with E-state index in [2.05, 4.69) is 6.07 Å². The van der Waals surface area contributed by atoms with Gasteiger partial charge in [0.25, 0.3) is 0 Å². The van der Waals surface area contributed by atoms with E-state index in [1.165, 1.54) is 18.2 Å². The van der Waals surface area contributed by atoms with E-state index in [1.807, 2.05) is 32.9 Å². The lowest BCUT2D eigenvalue weighted by Gasteiger charge is -2.29. The normalized spacial score (nSPS) is 13.5. The second-order valence-electron chi connectivity index (χ2n) is 13.3. The standard InChI is InChI=1S/C36H32F5IN2O6S/c1-36(2,3)23-13-20(12-22(14-23)21-6-7-21)17-44(25-10-11-26(35(47)48)27(45)15-25)28(46)18-43(16-19-4-8-24(37)9-5-19)51(49,50)34-32(41)30(39)29(38)31(40)33(34)42/h4-5,8-15,21,45H,6-7,16-18H2,1-3H3,(H,47,48). The van der Waals surface area contributed by atoms with E-state index in [0.29, 0.717) is 15.8 Å². The molecule has 1 aliphatic carbocycles. The zero-order valence-electron chi connectivity index (χ0n) is 27.5. The number of amides is 1. The number of carbonyl (C=O) groups is 2. The van der Waals surface area contributed by atoms with Gasteiger partial charge in [-0.25, -0.2) is 35.2 Å². The number of hydrogen-bond acceptors (Lipinski definition) is 5. The molecule has 0 unspecified atom stereocenters. The van der Waals surface area contributed by atoms with Crippen molar-refractivity contribution in [1.82, 2.24) is 4.31 Å². The Morgan fingerprint density at radius 2 is 1.47 bits per heavy atom. The number of carbonyl (C=O) groups excluding carboxylic acids is 1. The molecule has 0 bridgehead atoms. The molecule has 0 radical (unpaired) electrons. The third kappa shape index (κ3) is 8.20. The Morgan fingerprint density at radius 3 is 2.04 bits per heavy atom. The molecule has 15 heteroatoms. The average Bonchev–Trinajstić information content (AvgIpc) is 3.91. The molecule has 51 heavy (non-hydrogen) atoms. The highest BCUT2D eigenvalue weighted by Gasteiger charge is 2.38. The molecule has 5 rings (SSSR count). The van der Waals surface area contributed by atoms with Crippen LogP contribution in [0, 0.1) is 32.7 Å². The van der Waals surface area contributed by atoms with Crippen molar-refractivity contribution in [3.05, 3.63) is 121 Å². The maximum atomic E-state index is 15.2. The first-order valence-corrected chi connectivity index (χ1v) is 18.1. The Labute approximate surface area is 304 Å². The number of rotatable bonds is 11. The Hall–Kier alpha value is -4.09. The largest absolute Gasteiger partial charge is 0.507 e. The summed E-state index contributed by atoms with van der Waals surface area (Å²) in [5.74, 6) is -12.2. The highest BCUT2D eigenvalue weighted by Crippen LogP contribution is 2.42. The van der Waals surface area contributed by atoms with E-state index in [-0.39, 0.29) is 23.2 Å². The van der Waals surface area contributed by atoms with Crippen molar-refractivity contribution in [1.29, 1.82) is 0 Å². The lowest BCUT2D eigenvalue weighted by molar-refractivity contribution is -0.119. The Balaban J connectivity index is 1.63. The summed E-state index contributed by atoms with van der Waals surface area (Å²) in [4.78, 5) is 25.5. The molecule has 8 nitrogen and oxygen atoms in total. The van der Waals surface area contributed by atoms with Crippen LogP contribution in [0.1, 0.15) is 72.1 Å². The lowest BCUT2D eigenvalue weighted by atomic mass is 9.84. The van der Waals surface area contributed by atoms with Gasteiger partial charge in [-0.3, -0.25) is 4.79 Å². The number of nitrogens with zero attached hydrogens (tertiary/aromatic N) is 2. The number of anilines is 1. The maximum Gasteiger partial charge on any atom is 0.339 e. The fraction of sp³-hybridized carbons (Fsp3) is 0.278. The highest BCUT2D eigenvalue weighted by molar-refractivity contribution is 14.1. The van der Waals surface area contributed by atoms with Gasteiger partial charge in [0.15, 0.2) is 23.3 Å². The number of carboxylic acid groups (broad SMARTS) is 1. The van der Waals surface area contributed by atoms with Gasteiger partial charge in [0.1, 0.15) is 22.0 Å². The number of phenols is 1. The number of sulfonamides is 1. The van der Waals surface area contributed by atoms with Crippen LogP contribution < -0.4 is 4.90 Å². The summed E-state index contributed by atoms with van der Waals surface area (Å²) < 4.78 is 99.4. The van der Waals surface area contributed by atoms with Crippen molar-refractivity contribution in [2.75, 3.05) is 11.4 Å². The molecule has 0 saturated heterocycles. The van der Waals surface area contributed by atoms with Crippen molar-refractivity contribution < 1.29 is 50.2 Å². The van der Waals surface area contributed by atoms with Gasteiger partial charge in [0, 0.05) is 18.3 Å². The van der Waals surface area contributed by atoms with Gasteiger partial charge >= 0.3 is 5.97 Å². The van der Waals surface area contributed by atoms with Gasteiger partial charge in [0.2, 0.25) is 15.9 Å². The number of aromatic hydroxyl groups is 1. The van der Waals surface area contributed by atoms with Crippen LogP contribution in [-0.4, -0.2) is 41.4 Å². The van der Waals surface area contributed by atoms with E-state index >= 15 is 4.39 Å². The minimum atomic E-state index is -5.34. The molecule has 1 saturated carbocycles. The molecule has 4 aromatic rings. The van der Waals surface area contributed by atoms with Crippen LogP contribution in [0.4, 0.5) is 27.6 Å². The second-order valence-corrected chi connectivity index (χ2v) is 16.2. The molecule has 270 valence electrons. The second kappa shape index (κ2) is 14.5. The third-order valence-corrected chi connectivity index (χ3v) is 11.7. The number of aromatic carboxylic acids is 1.